The number of benzene rings is 1. The van der Waals surface area contributed by atoms with Crippen LogP contribution in [0.4, 0.5) is 0 Å². The van der Waals surface area contributed by atoms with E-state index in [-0.39, 0.29) is 17.0 Å². The molecule has 2 aliphatic carbocycles. The van der Waals surface area contributed by atoms with Crippen molar-refractivity contribution in [2.24, 2.45) is 0 Å². The lowest BCUT2D eigenvalue weighted by Crippen LogP contribution is -2.55. The van der Waals surface area contributed by atoms with Gasteiger partial charge < -0.3 is 5.11 Å². The number of rotatable bonds is 5. The molecule has 0 spiro atoms. The van der Waals surface area contributed by atoms with Gasteiger partial charge in [-0.25, -0.2) is 13.1 Å². The Hall–Kier alpha value is -1.70. The van der Waals surface area contributed by atoms with Crippen molar-refractivity contribution in [1.82, 2.24) is 14.5 Å². The van der Waals surface area contributed by atoms with Gasteiger partial charge >= 0.3 is 0 Å². The van der Waals surface area contributed by atoms with E-state index in [1.165, 1.54) is 18.4 Å². The lowest BCUT2D eigenvalue weighted by molar-refractivity contribution is 0.000540. The van der Waals surface area contributed by atoms with Crippen molar-refractivity contribution >= 4 is 10.0 Å². The second kappa shape index (κ2) is 5.43. The number of hydrogen-bond acceptors (Lipinski definition) is 4. The molecule has 6 nitrogen and oxygen atoms in total. The molecule has 0 radical (unpaired) electrons. The summed E-state index contributed by atoms with van der Waals surface area (Å²) in [7, 11) is -3.59. The van der Waals surface area contributed by atoms with Gasteiger partial charge in [0, 0.05) is 18.4 Å². The van der Waals surface area contributed by atoms with E-state index in [0.29, 0.717) is 12.3 Å². The summed E-state index contributed by atoms with van der Waals surface area (Å²) < 4.78 is 29.4. The van der Waals surface area contributed by atoms with E-state index in [9.17, 15) is 13.5 Å². The molecule has 2 fully saturated rings. The number of aromatic nitrogens is 2. The number of hydrogen-bond donors (Lipinski definition) is 2. The number of sulfonamides is 1. The molecule has 7 heteroatoms. The summed E-state index contributed by atoms with van der Waals surface area (Å²) in [6, 6.07) is 8.16. The molecule has 2 saturated carbocycles. The summed E-state index contributed by atoms with van der Waals surface area (Å²) in [5.74, 6) is 0.602. The van der Waals surface area contributed by atoms with E-state index in [1.807, 2.05) is 12.1 Å². The SMILES string of the molecule is O=S(=O)(N[C@H]1C[C@@H](O)[C@@H]1n1cccn1)c1ccc(C2CC2)cc1. The van der Waals surface area contributed by atoms with Crippen LogP contribution in [0.25, 0.3) is 0 Å². The first-order valence-corrected chi connectivity index (χ1v) is 9.32. The van der Waals surface area contributed by atoms with Crippen molar-refractivity contribution < 1.29 is 13.5 Å². The standard InChI is InChI=1S/C16H19N3O3S/c20-15-10-14(16(15)19-9-1-8-17-19)18-23(21,22)13-6-4-12(5-7-13)11-2-3-11/h1,4-9,11,14-16,18,20H,2-3,10H2/t14-,15+,16+/m0/s1. The number of nitrogens with one attached hydrogen (secondary N) is 1. The fraction of sp³-hybridized carbons (Fsp3) is 0.438. The molecule has 2 aliphatic rings. The molecular formula is C16H19N3O3S. The third-order valence-corrected chi connectivity index (χ3v) is 6.18. The minimum absolute atomic E-state index is 0.266. The lowest BCUT2D eigenvalue weighted by atomic mass is 9.84. The smallest absolute Gasteiger partial charge is 0.240 e. The van der Waals surface area contributed by atoms with E-state index in [2.05, 4.69) is 9.82 Å². The Bertz CT molecular complexity index is 782. The molecule has 122 valence electrons. The highest BCUT2D eigenvalue weighted by molar-refractivity contribution is 7.89. The summed E-state index contributed by atoms with van der Waals surface area (Å²) in [5, 5.41) is 14.0. The number of aliphatic hydroxyl groups excluding tert-OH is 1. The molecule has 2 aromatic rings. The average Bonchev–Trinajstić information content (AvgIpc) is 3.25. The monoisotopic (exact) mass is 333 g/mol. The summed E-state index contributed by atoms with van der Waals surface area (Å²) >= 11 is 0. The molecule has 1 heterocycles. The predicted octanol–water partition coefficient (Wildman–Crippen LogP) is 1.41. The van der Waals surface area contributed by atoms with Gasteiger partial charge in [0.1, 0.15) is 0 Å². The van der Waals surface area contributed by atoms with Crippen LogP contribution in [0, 0.1) is 0 Å². The molecule has 0 saturated heterocycles. The van der Waals surface area contributed by atoms with Crippen LogP contribution >= 0.6 is 0 Å². The van der Waals surface area contributed by atoms with Crippen LogP contribution in [0.3, 0.4) is 0 Å². The zero-order valence-electron chi connectivity index (χ0n) is 12.5. The quantitative estimate of drug-likeness (QED) is 0.866. The third-order valence-electron chi connectivity index (χ3n) is 4.68. The van der Waals surface area contributed by atoms with Gasteiger partial charge in [0.25, 0.3) is 0 Å². The summed E-state index contributed by atoms with van der Waals surface area (Å²) in [5.41, 5.74) is 1.21. The summed E-state index contributed by atoms with van der Waals surface area (Å²) in [4.78, 5) is 0.266. The number of nitrogens with zero attached hydrogens (tertiary/aromatic N) is 2. The molecule has 23 heavy (non-hydrogen) atoms. The van der Waals surface area contributed by atoms with Crippen molar-refractivity contribution in [2.45, 2.75) is 48.3 Å². The molecule has 0 aliphatic heterocycles. The van der Waals surface area contributed by atoms with Gasteiger partial charge in [-0.3, -0.25) is 4.68 Å². The molecule has 2 N–H and O–H groups in total. The van der Waals surface area contributed by atoms with Crippen molar-refractivity contribution in [3.63, 3.8) is 0 Å². The molecule has 1 aromatic heterocycles. The fourth-order valence-corrected chi connectivity index (χ4v) is 4.41. The third kappa shape index (κ3) is 2.80. The zero-order chi connectivity index (χ0) is 16.0. The fourth-order valence-electron chi connectivity index (χ4n) is 3.15. The maximum atomic E-state index is 12.5. The van der Waals surface area contributed by atoms with Gasteiger partial charge in [-0.2, -0.15) is 5.10 Å². The average molecular weight is 333 g/mol. The zero-order valence-corrected chi connectivity index (χ0v) is 13.4. The van der Waals surface area contributed by atoms with Gasteiger partial charge in [0.05, 0.1) is 17.0 Å². The largest absolute Gasteiger partial charge is 0.391 e. The first kappa shape index (κ1) is 14.9. The Morgan fingerprint density at radius 3 is 2.52 bits per heavy atom. The Balaban J connectivity index is 1.50. The van der Waals surface area contributed by atoms with Gasteiger partial charge in [0.15, 0.2) is 0 Å². The van der Waals surface area contributed by atoms with Crippen molar-refractivity contribution in [2.75, 3.05) is 0 Å². The highest BCUT2D eigenvalue weighted by Gasteiger charge is 2.44. The van der Waals surface area contributed by atoms with Gasteiger partial charge in [-0.15, -0.1) is 0 Å². The summed E-state index contributed by atoms with van der Waals surface area (Å²) in [6.45, 7) is 0. The Labute approximate surface area is 135 Å². The van der Waals surface area contributed by atoms with E-state index >= 15 is 0 Å². The van der Waals surface area contributed by atoms with E-state index in [1.54, 1.807) is 35.3 Å². The molecular weight excluding hydrogens is 314 g/mol. The maximum Gasteiger partial charge on any atom is 0.240 e. The lowest BCUT2D eigenvalue weighted by Gasteiger charge is -2.41. The second-order valence-electron chi connectivity index (χ2n) is 6.35. The minimum Gasteiger partial charge on any atom is -0.391 e. The van der Waals surface area contributed by atoms with E-state index in [0.717, 1.165) is 0 Å². The molecule has 0 unspecified atom stereocenters. The first-order chi connectivity index (χ1) is 11.0. The van der Waals surface area contributed by atoms with Crippen LogP contribution in [0.5, 0.6) is 0 Å². The molecule has 3 atom stereocenters. The van der Waals surface area contributed by atoms with E-state index in [4.69, 9.17) is 0 Å². The molecule has 1 aromatic carbocycles. The first-order valence-electron chi connectivity index (χ1n) is 7.84. The second-order valence-corrected chi connectivity index (χ2v) is 8.06. The van der Waals surface area contributed by atoms with E-state index < -0.39 is 16.1 Å². The molecule has 0 bridgehead atoms. The Kier molecular flexibility index (Phi) is 3.51. The Morgan fingerprint density at radius 2 is 1.96 bits per heavy atom. The van der Waals surface area contributed by atoms with Gasteiger partial charge in [-0.1, -0.05) is 12.1 Å². The normalized spacial score (nSPS) is 27.6. The van der Waals surface area contributed by atoms with Gasteiger partial charge in [-0.05, 0) is 48.9 Å². The minimum atomic E-state index is -3.59. The van der Waals surface area contributed by atoms with Gasteiger partial charge in [0.2, 0.25) is 10.0 Å². The van der Waals surface area contributed by atoms with Crippen LogP contribution < -0.4 is 4.72 Å². The van der Waals surface area contributed by atoms with Crippen molar-refractivity contribution in [3.05, 3.63) is 48.3 Å². The van der Waals surface area contributed by atoms with Crippen LogP contribution in [0.2, 0.25) is 0 Å². The van der Waals surface area contributed by atoms with Crippen molar-refractivity contribution in [1.29, 1.82) is 0 Å². The number of aliphatic hydroxyl groups is 1. The van der Waals surface area contributed by atoms with Crippen LogP contribution in [-0.2, 0) is 10.0 Å². The maximum absolute atomic E-state index is 12.5. The highest BCUT2D eigenvalue weighted by atomic mass is 32.2. The topological polar surface area (TPSA) is 84.2 Å². The van der Waals surface area contributed by atoms with Crippen molar-refractivity contribution in [3.8, 4) is 0 Å². The molecule has 4 rings (SSSR count). The van der Waals surface area contributed by atoms with Crippen LogP contribution in [0.1, 0.15) is 36.8 Å². The molecule has 0 amide bonds. The highest BCUT2D eigenvalue weighted by Crippen LogP contribution is 2.40. The predicted molar refractivity (Wildman–Crippen MR) is 84.4 cm³/mol. The summed E-state index contributed by atoms with van der Waals surface area (Å²) in [6.07, 6.45) is 5.54. The van der Waals surface area contributed by atoms with Crippen LogP contribution in [-0.4, -0.2) is 35.5 Å². The van der Waals surface area contributed by atoms with Crippen LogP contribution in [0.15, 0.2) is 47.6 Å². The Morgan fingerprint density at radius 1 is 1.22 bits per heavy atom.